The van der Waals surface area contributed by atoms with Gasteiger partial charge in [0, 0.05) is 12.8 Å². The van der Waals surface area contributed by atoms with E-state index in [1.807, 2.05) is 0 Å². The van der Waals surface area contributed by atoms with E-state index in [1.54, 1.807) is 0 Å². The predicted molar refractivity (Wildman–Crippen MR) is 129 cm³/mol. The Morgan fingerprint density at radius 3 is 1.32 bits per heavy atom. The lowest BCUT2D eigenvalue weighted by molar-refractivity contribution is 0.215. The fourth-order valence-corrected chi connectivity index (χ4v) is 7.42. The highest BCUT2D eigenvalue weighted by atomic mass is 28.4. The first-order chi connectivity index (χ1) is 13.5. The van der Waals surface area contributed by atoms with Crippen LogP contribution in [0.5, 0.6) is 0 Å². The summed E-state index contributed by atoms with van der Waals surface area (Å²) in [5.74, 6) is 0. The molecule has 0 fully saturated rings. The maximum atomic E-state index is 6.41. The summed E-state index contributed by atoms with van der Waals surface area (Å²) in [4.78, 5) is 7.96. The van der Waals surface area contributed by atoms with Crippen molar-refractivity contribution in [2.24, 2.45) is 0 Å². The molecule has 0 radical (unpaired) electrons. The lowest BCUT2D eigenvalue weighted by atomic mass is 10.3. The van der Waals surface area contributed by atoms with Crippen LogP contribution in [0.1, 0.15) is 74.1 Å². The number of hydrogen-bond donors (Lipinski definition) is 0. The first kappa shape index (κ1) is 28.1. The summed E-state index contributed by atoms with van der Waals surface area (Å²) in [5.41, 5.74) is 0. The normalized spacial score (nSPS) is 12.6. The van der Waals surface area contributed by atoms with Gasteiger partial charge in [-0.25, -0.2) is 0 Å². The van der Waals surface area contributed by atoms with Crippen molar-refractivity contribution in [3.63, 3.8) is 0 Å². The van der Waals surface area contributed by atoms with Gasteiger partial charge in [0.2, 0.25) is 8.32 Å². The number of rotatable bonds is 20. The predicted octanol–water partition coefficient (Wildman–Crippen LogP) is 5.09. The van der Waals surface area contributed by atoms with Gasteiger partial charge in [-0.2, -0.15) is 0 Å². The second-order valence-electron chi connectivity index (χ2n) is 8.17. The quantitative estimate of drug-likeness (QED) is 0.258. The molecule has 0 unspecified atom stereocenters. The molecule has 0 aliphatic carbocycles. The summed E-state index contributed by atoms with van der Waals surface area (Å²) in [5, 5.41) is 0. The molecule has 0 heterocycles. The van der Waals surface area contributed by atoms with Gasteiger partial charge >= 0.3 is 0 Å². The van der Waals surface area contributed by atoms with Crippen LogP contribution in [-0.2, 0) is 4.43 Å². The Bertz CT molecular complexity index is 320. The fraction of sp³-hybridized carbons (Fsp3) is 1.00. The summed E-state index contributed by atoms with van der Waals surface area (Å²) in [7, 11) is -1.61. The largest absolute Gasteiger partial charge is 0.416 e. The van der Waals surface area contributed by atoms with Gasteiger partial charge < -0.3 is 19.1 Å². The van der Waals surface area contributed by atoms with Crippen LogP contribution < -0.4 is 0 Å². The molecule has 28 heavy (non-hydrogen) atoms. The van der Waals surface area contributed by atoms with Gasteiger partial charge in [0.05, 0.1) is 0 Å². The average molecular weight is 416 g/mol. The standard InChI is InChI=1S/C23H53N3OSi/c1-8-17-24(10-3)19-15-21-26(22-16-20-25(11-4)18-9-2)23-28(13-6,14-7)27-12-5/h8-23H2,1-7H3. The Labute approximate surface area is 179 Å². The molecule has 0 saturated carbocycles. The molecule has 0 saturated heterocycles. The molecule has 0 amide bonds. The lowest BCUT2D eigenvalue weighted by Gasteiger charge is -2.35. The summed E-state index contributed by atoms with van der Waals surface area (Å²) in [6.07, 6.45) is 6.30. The van der Waals surface area contributed by atoms with E-state index in [0.29, 0.717) is 0 Å². The molecular formula is C23H53N3OSi. The van der Waals surface area contributed by atoms with E-state index in [9.17, 15) is 0 Å². The zero-order valence-electron chi connectivity index (χ0n) is 20.6. The second kappa shape index (κ2) is 17.9. The molecule has 0 aromatic rings. The molecule has 170 valence electrons. The van der Waals surface area contributed by atoms with Gasteiger partial charge in [-0.1, -0.05) is 41.5 Å². The third-order valence-electron chi connectivity index (χ3n) is 6.12. The van der Waals surface area contributed by atoms with Crippen LogP contribution in [0.2, 0.25) is 12.1 Å². The van der Waals surface area contributed by atoms with Gasteiger partial charge in [-0.3, -0.25) is 0 Å². The van der Waals surface area contributed by atoms with E-state index >= 15 is 0 Å². The van der Waals surface area contributed by atoms with Crippen LogP contribution in [0.3, 0.4) is 0 Å². The maximum Gasteiger partial charge on any atom is 0.205 e. The molecule has 0 bridgehead atoms. The average Bonchev–Trinajstić information content (AvgIpc) is 2.71. The summed E-state index contributed by atoms with van der Waals surface area (Å²) in [6, 6.07) is 2.48. The second-order valence-corrected chi connectivity index (χ2v) is 12.6. The molecule has 0 aromatic carbocycles. The molecule has 0 N–H and O–H groups in total. The van der Waals surface area contributed by atoms with Crippen LogP contribution in [0.25, 0.3) is 0 Å². The zero-order chi connectivity index (χ0) is 21.3. The van der Waals surface area contributed by atoms with Crippen LogP contribution in [0.4, 0.5) is 0 Å². The van der Waals surface area contributed by atoms with E-state index in [1.165, 1.54) is 96.3 Å². The summed E-state index contributed by atoms with van der Waals surface area (Å²) < 4.78 is 6.41. The van der Waals surface area contributed by atoms with Crippen molar-refractivity contribution in [2.75, 3.05) is 65.1 Å². The highest BCUT2D eigenvalue weighted by Gasteiger charge is 2.32. The van der Waals surface area contributed by atoms with Crippen molar-refractivity contribution in [3.8, 4) is 0 Å². The van der Waals surface area contributed by atoms with Gasteiger partial charge in [-0.15, -0.1) is 0 Å². The van der Waals surface area contributed by atoms with Gasteiger partial charge in [0.1, 0.15) is 0 Å². The van der Waals surface area contributed by atoms with E-state index in [-0.39, 0.29) is 0 Å². The highest BCUT2D eigenvalue weighted by Crippen LogP contribution is 2.19. The van der Waals surface area contributed by atoms with Crippen molar-refractivity contribution in [2.45, 2.75) is 86.2 Å². The van der Waals surface area contributed by atoms with Crippen molar-refractivity contribution >= 4 is 8.32 Å². The minimum Gasteiger partial charge on any atom is -0.416 e. The Morgan fingerprint density at radius 2 is 1.00 bits per heavy atom. The van der Waals surface area contributed by atoms with E-state index < -0.39 is 8.32 Å². The summed E-state index contributed by atoms with van der Waals surface area (Å²) in [6.45, 7) is 26.7. The van der Waals surface area contributed by atoms with Gasteiger partial charge in [0.15, 0.2) is 0 Å². The zero-order valence-corrected chi connectivity index (χ0v) is 21.6. The number of nitrogens with zero attached hydrogens (tertiary/aromatic N) is 3. The molecule has 0 aliphatic rings. The van der Waals surface area contributed by atoms with E-state index in [2.05, 4.69) is 63.2 Å². The maximum absolute atomic E-state index is 6.41. The lowest BCUT2D eigenvalue weighted by Crippen LogP contribution is -2.50. The third-order valence-corrected chi connectivity index (χ3v) is 10.6. The van der Waals surface area contributed by atoms with Crippen molar-refractivity contribution < 1.29 is 4.43 Å². The SMILES string of the molecule is CCCN(CC)CCCN(CCCN(CC)CCC)C[Si](CC)(CC)OCC. The molecule has 4 nitrogen and oxygen atoms in total. The first-order valence-corrected chi connectivity index (χ1v) is 14.9. The van der Waals surface area contributed by atoms with Gasteiger partial charge in [-0.05, 0) is 97.1 Å². The Kier molecular flexibility index (Phi) is 17.9. The smallest absolute Gasteiger partial charge is 0.205 e. The molecule has 0 aromatic heterocycles. The first-order valence-electron chi connectivity index (χ1n) is 12.3. The molecule has 0 spiro atoms. The fourth-order valence-electron chi connectivity index (χ4n) is 4.23. The van der Waals surface area contributed by atoms with Crippen molar-refractivity contribution in [1.29, 1.82) is 0 Å². The molecule has 0 atom stereocenters. The molecule has 0 aliphatic heterocycles. The Hall–Kier alpha value is 0.0569. The van der Waals surface area contributed by atoms with Crippen LogP contribution in [0, 0.1) is 0 Å². The topological polar surface area (TPSA) is 19.0 Å². The van der Waals surface area contributed by atoms with E-state index in [4.69, 9.17) is 4.43 Å². The van der Waals surface area contributed by atoms with E-state index in [0.717, 1.165) is 6.61 Å². The third kappa shape index (κ3) is 11.9. The minimum absolute atomic E-state index is 0.877. The highest BCUT2D eigenvalue weighted by molar-refractivity contribution is 6.73. The minimum atomic E-state index is -1.61. The monoisotopic (exact) mass is 415 g/mol. The van der Waals surface area contributed by atoms with Gasteiger partial charge in [0.25, 0.3) is 0 Å². The molecule has 0 rings (SSSR count). The summed E-state index contributed by atoms with van der Waals surface area (Å²) >= 11 is 0. The van der Waals surface area contributed by atoms with Crippen molar-refractivity contribution in [1.82, 2.24) is 14.7 Å². The van der Waals surface area contributed by atoms with Crippen LogP contribution in [0.15, 0.2) is 0 Å². The number of hydrogen-bond acceptors (Lipinski definition) is 4. The molecular weight excluding hydrogens is 362 g/mol. The van der Waals surface area contributed by atoms with Crippen LogP contribution >= 0.6 is 0 Å². The Balaban J connectivity index is 4.79. The van der Waals surface area contributed by atoms with Crippen LogP contribution in [-0.4, -0.2) is 88.2 Å². The molecule has 5 heteroatoms. The Morgan fingerprint density at radius 1 is 0.571 bits per heavy atom. The van der Waals surface area contributed by atoms with Crippen molar-refractivity contribution in [3.05, 3.63) is 0 Å².